The van der Waals surface area contributed by atoms with Gasteiger partial charge in [0.05, 0.1) is 5.69 Å². The molecule has 1 aromatic carbocycles. The van der Waals surface area contributed by atoms with Crippen LogP contribution < -0.4 is 0 Å². The lowest BCUT2D eigenvalue weighted by molar-refractivity contribution is 0.491. The first-order chi connectivity index (χ1) is 8.98. The van der Waals surface area contributed by atoms with Gasteiger partial charge in [-0.05, 0) is 28.3 Å². The molecule has 19 heavy (non-hydrogen) atoms. The Morgan fingerprint density at radius 1 is 1.26 bits per heavy atom. The van der Waals surface area contributed by atoms with E-state index in [1.54, 1.807) is 24.3 Å². The molecule has 0 saturated heterocycles. The molecule has 2 rings (SSSR count). The van der Waals surface area contributed by atoms with Crippen LogP contribution in [0.5, 0.6) is 0 Å². The van der Waals surface area contributed by atoms with Crippen LogP contribution in [0, 0.1) is 0 Å². The maximum atomic E-state index is 12.4. The summed E-state index contributed by atoms with van der Waals surface area (Å²) in [7, 11) is 0. The number of halogens is 3. The van der Waals surface area contributed by atoms with Crippen molar-refractivity contribution < 1.29 is 12.9 Å². The summed E-state index contributed by atoms with van der Waals surface area (Å²) >= 11 is 0.906. The van der Waals surface area contributed by atoms with E-state index < -0.39 is 12.4 Å². The van der Waals surface area contributed by atoms with Gasteiger partial charge in [-0.25, -0.2) is 0 Å². The third-order valence-electron chi connectivity index (χ3n) is 2.29. The third kappa shape index (κ3) is 3.37. The summed E-state index contributed by atoms with van der Waals surface area (Å²) in [5.41, 5.74) is -0.0641. The van der Waals surface area contributed by atoms with Gasteiger partial charge in [-0.15, -0.1) is 17.2 Å². The minimum atomic E-state index is -5.02. The van der Waals surface area contributed by atoms with Crippen LogP contribution >= 0.6 is 11.8 Å². The zero-order valence-electron chi connectivity index (χ0n) is 9.71. The van der Waals surface area contributed by atoms with Crippen LogP contribution in [0.2, 0.25) is 0 Å². The highest BCUT2D eigenvalue weighted by molar-refractivity contribution is 7.99. The molecule has 0 amide bonds. The standard InChI is InChI=1S/C10H9BF3N4S/c1-8(11(12,13)14)7-19-10-15-16-17-18(10)9-5-3-2-4-6-9/h2-6H,1,7H2/q-1. The summed E-state index contributed by atoms with van der Waals surface area (Å²) in [6, 6.07) is 8.95. The fourth-order valence-electron chi connectivity index (χ4n) is 1.25. The molecule has 0 aliphatic rings. The molecule has 0 N–H and O–H groups in total. The van der Waals surface area contributed by atoms with E-state index in [2.05, 4.69) is 22.1 Å². The largest absolute Gasteiger partial charge is 0.505 e. The number of tetrazole rings is 1. The lowest BCUT2D eigenvalue weighted by Gasteiger charge is -2.16. The van der Waals surface area contributed by atoms with E-state index >= 15 is 0 Å². The molecule has 0 bridgehead atoms. The number of nitrogens with zero attached hydrogens (tertiary/aromatic N) is 4. The van der Waals surface area contributed by atoms with Crippen LogP contribution in [0.3, 0.4) is 0 Å². The fraction of sp³-hybridized carbons (Fsp3) is 0.100. The Hall–Kier alpha value is -1.77. The second-order valence-corrected chi connectivity index (χ2v) is 4.67. The zero-order valence-corrected chi connectivity index (χ0v) is 10.5. The average Bonchev–Trinajstić information content (AvgIpc) is 2.84. The Morgan fingerprint density at radius 2 is 1.95 bits per heavy atom. The van der Waals surface area contributed by atoms with Crippen LogP contribution in [0.4, 0.5) is 12.9 Å². The Kier molecular flexibility index (Phi) is 3.94. The Balaban J connectivity index is 2.11. The normalized spacial score (nSPS) is 11.5. The number of hydrogen-bond donors (Lipinski definition) is 0. The van der Waals surface area contributed by atoms with Crippen LogP contribution in [-0.4, -0.2) is 32.9 Å². The second kappa shape index (κ2) is 5.47. The van der Waals surface area contributed by atoms with E-state index in [4.69, 9.17) is 0 Å². The maximum Gasteiger partial charge on any atom is 0.505 e. The number of hydrogen-bond acceptors (Lipinski definition) is 4. The van der Waals surface area contributed by atoms with Crippen LogP contribution in [0.25, 0.3) is 5.69 Å². The van der Waals surface area contributed by atoms with Crippen LogP contribution in [0.1, 0.15) is 0 Å². The molecule has 100 valence electrons. The van der Waals surface area contributed by atoms with Crippen molar-refractivity contribution in [2.24, 2.45) is 0 Å². The Labute approximate surface area is 111 Å². The molecule has 1 heterocycles. The second-order valence-electron chi connectivity index (χ2n) is 3.73. The van der Waals surface area contributed by atoms with E-state index in [1.165, 1.54) is 4.68 Å². The number of benzene rings is 1. The van der Waals surface area contributed by atoms with Gasteiger partial charge in [0.1, 0.15) is 0 Å². The minimum Gasteiger partial charge on any atom is -0.445 e. The predicted molar refractivity (Wildman–Crippen MR) is 68.1 cm³/mol. The smallest absolute Gasteiger partial charge is 0.445 e. The van der Waals surface area contributed by atoms with Crippen LogP contribution in [0.15, 0.2) is 47.5 Å². The number of aromatic nitrogens is 4. The quantitative estimate of drug-likeness (QED) is 0.626. The van der Waals surface area contributed by atoms with E-state index in [9.17, 15) is 12.9 Å². The summed E-state index contributed by atoms with van der Waals surface area (Å²) in [4.78, 5) is 0. The number of para-hydroxylation sites is 1. The summed E-state index contributed by atoms with van der Waals surface area (Å²) < 4.78 is 38.6. The zero-order chi connectivity index (χ0) is 13.9. The summed E-state index contributed by atoms with van der Waals surface area (Å²) in [5, 5.41) is 11.2. The SMILES string of the molecule is C=C(CSc1nnnn1-c1ccccc1)[B-](F)(F)F. The number of rotatable bonds is 5. The molecular formula is C10H9BF3N4S-. The van der Waals surface area contributed by atoms with Crippen molar-refractivity contribution in [2.75, 3.05) is 5.75 Å². The molecule has 0 aliphatic carbocycles. The topological polar surface area (TPSA) is 43.6 Å². The molecule has 4 nitrogen and oxygen atoms in total. The molecule has 0 spiro atoms. The predicted octanol–water partition coefficient (Wildman–Crippen LogP) is 2.70. The van der Waals surface area contributed by atoms with Crippen LogP contribution in [-0.2, 0) is 0 Å². The average molecular weight is 285 g/mol. The molecule has 0 fully saturated rings. The highest BCUT2D eigenvalue weighted by Crippen LogP contribution is 2.26. The van der Waals surface area contributed by atoms with Gasteiger partial charge in [0.25, 0.3) is 0 Å². The summed E-state index contributed by atoms with van der Waals surface area (Å²) in [6.07, 6.45) is 0. The molecule has 9 heteroatoms. The maximum absolute atomic E-state index is 12.4. The monoisotopic (exact) mass is 285 g/mol. The molecule has 0 atom stereocenters. The van der Waals surface area contributed by atoms with Gasteiger partial charge >= 0.3 is 6.98 Å². The van der Waals surface area contributed by atoms with Gasteiger partial charge in [0.15, 0.2) is 0 Å². The lowest BCUT2D eigenvalue weighted by Crippen LogP contribution is -2.20. The first-order valence-corrected chi connectivity index (χ1v) is 6.31. The highest BCUT2D eigenvalue weighted by Gasteiger charge is 2.26. The first-order valence-electron chi connectivity index (χ1n) is 5.32. The van der Waals surface area contributed by atoms with Crippen molar-refractivity contribution in [1.82, 2.24) is 20.2 Å². The molecule has 0 unspecified atom stereocenters. The van der Waals surface area contributed by atoms with Crippen molar-refractivity contribution in [1.29, 1.82) is 0 Å². The Morgan fingerprint density at radius 3 is 2.58 bits per heavy atom. The molecule has 2 aromatic rings. The van der Waals surface area contributed by atoms with E-state index in [0.717, 1.165) is 11.8 Å². The number of thioether (sulfide) groups is 1. The van der Waals surface area contributed by atoms with Gasteiger partial charge in [-0.1, -0.05) is 30.0 Å². The van der Waals surface area contributed by atoms with Crippen molar-refractivity contribution >= 4 is 18.7 Å². The van der Waals surface area contributed by atoms with Gasteiger partial charge in [-0.2, -0.15) is 4.68 Å². The van der Waals surface area contributed by atoms with Gasteiger partial charge in [-0.3, -0.25) is 0 Å². The van der Waals surface area contributed by atoms with E-state index in [1.807, 2.05) is 6.07 Å². The summed E-state index contributed by atoms with van der Waals surface area (Å²) in [5.74, 6) is -0.281. The van der Waals surface area contributed by atoms with Gasteiger partial charge in [0.2, 0.25) is 5.16 Å². The lowest BCUT2D eigenvalue weighted by atomic mass is 9.82. The van der Waals surface area contributed by atoms with Gasteiger partial charge in [0, 0.05) is 0 Å². The molecule has 1 aromatic heterocycles. The van der Waals surface area contributed by atoms with Crippen molar-refractivity contribution in [2.45, 2.75) is 5.16 Å². The molecule has 0 aliphatic heterocycles. The van der Waals surface area contributed by atoms with Gasteiger partial charge < -0.3 is 12.9 Å². The summed E-state index contributed by atoms with van der Waals surface area (Å²) in [6.45, 7) is -1.99. The fourth-order valence-corrected chi connectivity index (χ4v) is 2.11. The van der Waals surface area contributed by atoms with Crippen molar-refractivity contribution in [3.05, 3.63) is 42.4 Å². The molecule has 0 radical (unpaired) electrons. The first kappa shape index (κ1) is 13.7. The molecule has 0 saturated carbocycles. The minimum absolute atomic E-state index is 0.281. The van der Waals surface area contributed by atoms with Crippen molar-refractivity contribution in [3.8, 4) is 5.69 Å². The van der Waals surface area contributed by atoms with Crippen molar-refractivity contribution in [3.63, 3.8) is 0 Å². The molecular weight excluding hydrogens is 276 g/mol. The van der Waals surface area contributed by atoms with E-state index in [0.29, 0.717) is 10.8 Å². The highest BCUT2D eigenvalue weighted by atomic mass is 32.2. The van der Waals surface area contributed by atoms with E-state index in [-0.39, 0.29) is 5.75 Å². The Bertz CT molecular complexity index is 570. The third-order valence-corrected chi connectivity index (χ3v) is 3.32.